The van der Waals surface area contributed by atoms with Gasteiger partial charge in [0.2, 0.25) is 0 Å². The average Bonchev–Trinajstić information content (AvgIpc) is 3.36. The highest BCUT2D eigenvalue weighted by Gasteiger charge is 2.08. The first-order valence-corrected chi connectivity index (χ1v) is 11.4. The second kappa shape index (κ2) is 8.94. The molecule has 0 saturated heterocycles. The fourth-order valence-corrected chi connectivity index (χ4v) is 4.70. The zero-order valence-corrected chi connectivity index (χ0v) is 18.6. The number of hydrogen-bond acceptors (Lipinski definition) is 6. The summed E-state index contributed by atoms with van der Waals surface area (Å²) in [6.45, 7) is 1.87. The predicted molar refractivity (Wildman–Crippen MR) is 122 cm³/mol. The molecule has 1 N–H and O–H groups in total. The molecule has 0 aliphatic carbocycles. The summed E-state index contributed by atoms with van der Waals surface area (Å²) >= 11 is 6.52. The average molecular weight is 486 g/mol. The number of aromatic nitrogens is 1. The number of hydrogen-bond donors (Lipinski definition) is 1. The summed E-state index contributed by atoms with van der Waals surface area (Å²) in [7, 11) is 0. The number of benzene rings is 2. The minimum atomic E-state index is -0.238. The first-order valence-electron chi connectivity index (χ1n) is 8.76. The van der Waals surface area contributed by atoms with Crippen LogP contribution < -0.4 is 5.43 Å². The van der Waals surface area contributed by atoms with E-state index in [1.165, 1.54) is 11.8 Å². The van der Waals surface area contributed by atoms with Crippen LogP contribution in [0.5, 0.6) is 0 Å². The topological polar surface area (TPSA) is 67.5 Å². The molecule has 2 aromatic heterocycles. The van der Waals surface area contributed by atoms with Crippen molar-refractivity contribution < 1.29 is 9.21 Å². The van der Waals surface area contributed by atoms with E-state index < -0.39 is 0 Å². The molecule has 0 aliphatic rings. The van der Waals surface area contributed by atoms with E-state index in [2.05, 4.69) is 31.4 Å². The molecular weight excluding hydrogens is 470 g/mol. The summed E-state index contributed by atoms with van der Waals surface area (Å²) in [6, 6.07) is 19.1. The maximum absolute atomic E-state index is 12.3. The number of hydrazone groups is 1. The second-order valence-corrected chi connectivity index (χ2v) is 9.56. The first-order chi connectivity index (χ1) is 14.1. The molecule has 29 heavy (non-hydrogen) atoms. The zero-order chi connectivity index (χ0) is 20.2. The van der Waals surface area contributed by atoms with Crippen molar-refractivity contribution in [2.75, 3.05) is 0 Å². The minimum absolute atomic E-state index is 0.238. The molecule has 0 saturated carbocycles. The largest absolute Gasteiger partial charge is 0.431 e. The van der Waals surface area contributed by atoms with Crippen LogP contribution in [0.3, 0.4) is 0 Å². The third-order valence-corrected chi connectivity index (χ3v) is 6.74. The van der Waals surface area contributed by atoms with Crippen LogP contribution in [-0.4, -0.2) is 16.6 Å². The van der Waals surface area contributed by atoms with Crippen LogP contribution in [0.2, 0.25) is 0 Å². The van der Waals surface area contributed by atoms with E-state index in [1.54, 1.807) is 23.5 Å². The van der Waals surface area contributed by atoms with Crippen LogP contribution in [-0.2, 0) is 5.75 Å². The highest BCUT2D eigenvalue weighted by molar-refractivity contribution is 9.11. The van der Waals surface area contributed by atoms with Crippen molar-refractivity contribution in [3.05, 3.63) is 80.5 Å². The van der Waals surface area contributed by atoms with Crippen molar-refractivity contribution in [3.8, 4) is 0 Å². The molecular formula is C21H16BrN3O2S2. The molecule has 0 radical (unpaired) electrons. The van der Waals surface area contributed by atoms with Gasteiger partial charge in [-0.3, -0.25) is 4.79 Å². The van der Waals surface area contributed by atoms with Crippen LogP contribution >= 0.6 is 39.0 Å². The third-order valence-electron chi connectivity index (χ3n) is 4.11. The molecule has 4 rings (SSSR count). The van der Waals surface area contributed by atoms with Crippen molar-refractivity contribution in [3.63, 3.8) is 0 Å². The molecule has 2 aromatic carbocycles. The molecule has 0 spiro atoms. The Morgan fingerprint density at radius 2 is 1.97 bits per heavy atom. The number of rotatable bonds is 6. The first kappa shape index (κ1) is 19.9. The molecule has 4 aromatic rings. The Bertz CT molecular complexity index is 1150. The summed E-state index contributed by atoms with van der Waals surface area (Å²) in [5.74, 6) is 0.470. The Kier molecular flexibility index (Phi) is 6.13. The van der Waals surface area contributed by atoms with Crippen LogP contribution in [0, 0.1) is 0 Å². The monoisotopic (exact) mass is 485 g/mol. The van der Waals surface area contributed by atoms with Crippen LogP contribution in [0.25, 0.3) is 11.1 Å². The Hall–Kier alpha value is -2.42. The maximum atomic E-state index is 12.3. The molecule has 0 fully saturated rings. The molecule has 8 heteroatoms. The number of oxazole rings is 1. The number of para-hydroxylation sites is 2. The number of carbonyl (C=O) groups is 1. The minimum Gasteiger partial charge on any atom is -0.431 e. The number of nitrogens with zero attached hydrogens (tertiary/aromatic N) is 2. The summed E-state index contributed by atoms with van der Waals surface area (Å²) < 4.78 is 6.74. The lowest BCUT2D eigenvalue weighted by molar-refractivity contribution is 0.0955. The molecule has 1 amide bonds. The van der Waals surface area contributed by atoms with Crippen LogP contribution in [0.15, 0.2) is 79.2 Å². The molecule has 2 heterocycles. The van der Waals surface area contributed by atoms with E-state index in [-0.39, 0.29) is 5.91 Å². The fourth-order valence-electron chi connectivity index (χ4n) is 2.57. The summed E-state index contributed by atoms with van der Waals surface area (Å²) in [5.41, 5.74) is 6.65. The van der Waals surface area contributed by atoms with Gasteiger partial charge in [-0.05, 0) is 64.8 Å². The fraction of sp³-hybridized carbons (Fsp3) is 0.0952. The number of halogens is 1. The molecule has 0 atom stereocenters. The van der Waals surface area contributed by atoms with Gasteiger partial charge < -0.3 is 4.42 Å². The molecule has 146 valence electrons. The van der Waals surface area contributed by atoms with Gasteiger partial charge in [0, 0.05) is 11.3 Å². The normalized spacial score (nSPS) is 11.7. The Labute approximate surface area is 184 Å². The lowest BCUT2D eigenvalue weighted by atomic mass is 10.1. The van der Waals surface area contributed by atoms with E-state index >= 15 is 0 Å². The Morgan fingerprint density at radius 1 is 1.17 bits per heavy atom. The number of nitrogens with one attached hydrogen (secondary N) is 1. The lowest BCUT2D eigenvalue weighted by Crippen LogP contribution is -2.19. The van der Waals surface area contributed by atoms with Gasteiger partial charge in [-0.2, -0.15) is 5.10 Å². The number of amides is 1. The van der Waals surface area contributed by atoms with Crippen molar-refractivity contribution in [2.24, 2.45) is 5.10 Å². The number of thiophene rings is 1. The number of fused-ring (bicyclic) bond motifs is 1. The number of carbonyl (C=O) groups excluding carboxylic acids is 1. The van der Waals surface area contributed by atoms with Gasteiger partial charge in [0.05, 0.1) is 14.4 Å². The maximum Gasteiger partial charge on any atom is 0.271 e. The van der Waals surface area contributed by atoms with Crippen LogP contribution in [0.1, 0.15) is 27.7 Å². The van der Waals surface area contributed by atoms with Gasteiger partial charge >= 0.3 is 0 Å². The highest BCUT2D eigenvalue weighted by Crippen LogP contribution is 2.26. The highest BCUT2D eigenvalue weighted by atomic mass is 79.9. The molecule has 0 bridgehead atoms. The van der Waals surface area contributed by atoms with Gasteiger partial charge in [0.25, 0.3) is 11.1 Å². The van der Waals surface area contributed by atoms with E-state index in [4.69, 9.17) is 4.42 Å². The quantitative estimate of drug-likeness (QED) is 0.203. The molecule has 0 aliphatic heterocycles. The lowest BCUT2D eigenvalue weighted by Gasteiger charge is -2.03. The van der Waals surface area contributed by atoms with Crippen molar-refractivity contribution in [1.82, 2.24) is 10.4 Å². The van der Waals surface area contributed by atoms with Crippen molar-refractivity contribution in [1.29, 1.82) is 0 Å². The van der Waals surface area contributed by atoms with Crippen molar-refractivity contribution >= 4 is 61.7 Å². The van der Waals surface area contributed by atoms with Gasteiger partial charge in [-0.25, -0.2) is 10.4 Å². The molecule has 0 unspecified atom stereocenters. The van der Waals surface area contributed by atoms with Gasteiger partial charge in [-0.1, -0.05) is 36.0 Å². The smallest absolute Gasteiger partial charge is 0.271 e. The van der Waals surface area contributed by atoms with E-state index in [1.807, 2.05) is 55.5 Å². The third kappa shape index (κ3) is 4.95. The summed E-state index contributed by atoms with van der Waals surface area (Å²) in [6.07, 6.45) is 0. The summed E-state index contributed by atoms with van der Waals surface area (Å²) in [4.78, 5) is 17.8. The summed E-state index contributed by atoms with van der Waals surface area (Å²) in [5, 5.41) is 4.82. The molecule has 5 nitrogen and oxygen atoms in total. The predicted octanol–water partition coefficient (Wildman–Crippen LogP) is 6.10. The number of thioether (sulfide) groups is 1. The van der Waals surface area contributed by atoms with Gasteiger partial charge in [0.15, 0.2) is 5.58 Å². The van der Waals surface area contributed by atoms with Crippen LogP contribution in [0.4, 0.5) is 0 Å². The zero-order valence-electron chi connectivity index (χ0n) is 15.4. The van der Waals surface area contributed by atoms with E-state index in [0.29, 0.717) is 16.5 Å². The van der Waals surface area contributed by atoms with Gasteiger partial charge in [-0.15, -0.1) is 11.3 Å². The second-order valence-electron chi connectivity index (χ2n) is 6.17. The van der Waals surface area contributed by atoms with E-state index in [9.17, 15) is 4.79 Å². The van der Waals surface area contributed by atoms with E-state index in [0.717, 1.165) is 31.0 Å². The van der Waals surface area contributed by atoms with Crippen molar-refractivity contribution in [2.45, 2.75) is 17.9 Å². The SMILES string of the molecule is CC(=NNC(=O)c1ccc(CSc2nc3ccccc3o2)cc1)c1ccc(Br)s1. The standard InChI is InChI=1S/C21H16BrN3O2S2/c1-13(18-10-11-19(22)29-18)24-25-20(26)15-8-6-14(7-9-15)12-28-21-23-16-4-2-3-5-17(16)27-21/h2-11H,12H2,1H3,(H,25,26). The Balaban J connectivity index is 1.35. The van der Waals surface area contributed by atoms with Gasteiger partial charge in [0.1, 0.15) is 5.52 Å². The Morgan fingerprint density at radius 3 is 2.69 bits per heavy atom.